The molecular formula is C35H41N3O6. The summed E-state index contributed by atoms with van der Waals surface area (Å²) < 4.78 is 12.4. The molecule has 0 saturated carbocycles. The average Bonchev–Trinajstić information content (AvgIpc) is 3.36. The van der Waals surface area contributed by atoms with Crippen LogP contribution in [0, 0.1) is 17.8 Å². The molecule has 2 saturated heterocycles. The van der Waals surface area contributed by atoms with Crippen molar-refractivity contribution >= 4 is 23.4 Å². The number of nitrogens with zero attached hydrogens (tertiary/aromatic N) is 3. The van der Waals surface area contributed by atoms with Gasteiger partial charge in [-0.15, -0.1) is 0 Å². The molecule has 4 aliphatic rings. The Bertz CT molecular complexity index is 1440. The highest BCUT2D eigenvalue weighted by molar-refractivity contribution is 6.04. The second kappa shape index (κ2) is 12.2. The van der Waals surface area contributed by atoms with Gasteiger partial charge < -0.3 is 29.3 Å². The summed E-state index contributed by atoms with van der Waals surface area (Å²) in [7, 11) is 0. The lowest BCUT2D eigenvalue weighted by atomic mass is 9.77. The second-order valence-electron chi connectivity index (χ2n) is 12.1. The van der Waals surface area contributed by atoms with Gasteiger partial charge in [-0.1, -0.05) is 74.9 Å². The van der Waals surface area contributed by atoms with E-state index >= 15 is 0 Å². The average molecular weight is 600 g/mol. The van der Waals surface area contributed by atoms with E-state index in [1.807, 2.05) is 99.7 Å². The quantitative estimate of drug-likeness (QED) is 0.443. The van der Waals surface area contributed by atoms with Gasteiger partial charge >= 0.3 is 0 Å². The maximum Gasteiger partial charge on any atom is 0.249 e. The second-order valence-corrected chi connectivity index (χ2v) is 12.1. The van der Waals surface area contributed by atoms with E-state index in [0.29, 0.717) is 44.1 Å². The van der Waals surface area contributed by atoms with Crippen molar-refractivity contribution in [1.82, 2.24) is 9.80 Å². The van der Waals surface area contributed by atoms with E-state index in [-0.39, 0.29) is 30.2 Å². The zero-order chi connectivity index (χ0) is 31.0. The molecule has 0 bridgehead atoms. The van der Waals surface area contributed by atoms with Crippen molar-refractivity contribution in [2.45, 2.75) is 57.5 Å². The van der Waals surface area contributed by atoms with Crippen LogP contribution in [0.2, 0.25) is 0 Å². The van der Waals surface area contributed by atoms with Crippen molar-refractivity contribution in [2.75, 3.05) is 31.2 Å². The Morgan fingerprint density at radius 3 is 2.41 bits per heavy atom. The Morgan fingerprint density at radius 2 is 1.73 bits per heavy atom. The van der Waals surface area contributed by atoms with Gasteiger partial charge in [0.1, 0.15) is 17.4 Å². The van der Waals surface area contributed by atoms with Crippen LogP contribution in [0.1, 0.15) is 32.8 Å². The molecule has 9 heteroatoms. The Kier molecular flexibility index (Phi) is 8.35. The summed E-state index contributed by atoms with van der Waals surface area (Å²) in [6, 6.07) is 15.5. The molecule has 0 aliphatic carbocycles. The van der Waals surface area contributed by atoms with Crippen LogP contribution in [0.3, 0.4) is 0 Å². The highest BCUT2D eigenvalue weighted by atomic mass is 16.5. The number of ether oxygens (including phenoxy) is 2. The van der Waals surface area contributed by atoms with Crippen LogP contribution in [-0.4, -0.2) is 82.7 Å². The number of aliphatic hydroxyl groups excluding tert-OH is 1. The third-order valence-corrected chi connectivity index (χ3v) is 9.70. The van der Waals surface area contributed by atoms with Crippen LogP contribution < -0.4 is 9.64 Å². The maximum atomic E-state index is 14.7. The fourth-order valence-electron chi connectivity index (χ4n) is 7.36. The molecule has 0 radical (unpaired) electrons. The summed E-state index contributed by atoms with van der Waals surface area (Å²) in [5.41, 5.74) is 0.315. The number of carbonyl (C=O) groups is 3. The fraction of sp³-hybridized carbons (Fsp3) is 0.457. The standard InChI is InChI=1S/C35H41N3O6/c1-4-23(3)27(22-39)38-31-34(42)36(21-24-11-7-6-8-12-24)19-10-18-35(31)30(33(38)41)29-28(44-35)13-9-20-37(32(29)40)25-14-16-26(17-15-25)43-5-2/h6-18,23,27-31,39H,4-5,19-22H2,1-3H3/t23-,27-,28+,29-,30-,31?,35-/m0/s1. The number of hydrogen-bond donors (Lipinski definition) is 1. The van der Waals surface area contributed by atoms with Crippen molar-refractivity contribution in [3.63, 3.8) is 0 Å². The molecule has 7 atom stereocenters. The largest absolute Gasteiger partial charge is 0.494 e. The van der Waals surface area contributed by atoms with Gasteiger partial charge in [-0.3, -0.25) is 14.4 Å². The van der Waals surface area contributed by atoms with E-state index < -0.39 is 35.6 Å². The van der Waals surface area contributed by atoms with Gasteiger partial charge in [-0.25, -0.2) is 0 Å². The van der Waals surface area contributed by atoms with Crippen molar-refractivity contribution in [3.8, 4) is 5.75 Å². The Morgan fingerprint density at radius 1 is 0.977 bits per heavy atom. The molecule has 44 heavy (non-hydrogen) atoms. The normalized spacial score (nSPS) is 29.2. The molecule has 4 aliphatic heterocycles. The van der Waals surface area contributed by atoms with Gasteiger partial charge in [-0.2, -0.15) is 0 Å². The van der Waals surface area contributed by atoms with Gasteiger partial charge in [0.05, 0.1) is 37.2 Å². The molecule has 2 aromatic rings. The molecule has 3 amide bonds. The van der Waals surface area contributed by atoms with Crippen LogP contribution in [-0.2, 0) is 25.7 Å². The minimum absolute atomic E-state index is 0.0803. The van der Waals surface area contributed by atoms with Crippen molar-refractivity contribution in [2.24, 2.45) is 17.8 Å². The van der Waals surface area contributed by atoms with Crippen LogP contribution >= 0.6 is 0 Å². The summed E-state index contributed by atoms with van der Waals surface area (Å²) >= 11 is 0. The molecule has 2 aromatic carbocycles. The SMILES string of the molecule is CCOc1ccc(N2CC=C[C@H]3O[C@]45C=CCN(Cc6ccccc6)C(=O)C4N([C@@H](CO)[C@@H](C)CC)C(=O)[C@@H]5[C@H]3C2=O)cc1. The van der Waals surface area contributed by atoms with Crippen molar-refractivity contribution in [1.29, 1.82) is 0 Å². The number of amides is 3. The third-order valence-electron chi connectivity index (χ3n) is 9.70. The highest BCUT2D eigenvalue weighted by Crippen LogP contribution is 2.54. The smallest absolute Gasteiger partial charge is 0.249 e. The Labute approximate surface area is 258 Å². The molecule has 9 nitrogen and oxygen atoms in total. The van der Waals surface area contributed by atoms with Gasteiger partial charge in [0, 0.05) is 25.3 Å². The number of likely N-dealkylation sites (tertiary alicyclic amines) is 1. The van der Waals surface area contributed by atoms with E-state index in [9.17, 15) is 19.5 Å². The lowest BCUT2D eigenvalue weighted by Crippen LogP contribution is -2.59. The number of fused-ring (bicyclic) bond motifs is 2. The summed E-state index contributed by atoms with van der Waals surface area (Å²) in [4.78, 5) is 48.7. The zero-order valence-electron chi connectivity index (χ0n) is 25.5. The number of hydrogen-bond acceptors (Lipinski definition) is 6. The minimum atomic E-state index is -1.35. The summed E-state index contributed by atoms with van der Waals surface area (Å²) in [6.07, 6.45) is 7.53. The van der Waals surface area contributed by atoms with Gasteiger partial charge in [0.2, 0.25) is 17.7 Å². The minimum Gasteiger partial charge on any atom is -0.494 e. The topological polar surface area (TPSA) is 99.6 Å². The van der Waals surface area contributed by atoms with Gasteiger partial charge in [0.15, 0.2) is 0 Å². The van der Waals surface area contributed by atoms with Crippen LogP contribution in [0.15, 0.2) is 78.9 Å². The molecule has 232 valence electrons. The van der Waals surface area contributed by atoms with Crippen LogP contribution in [0.5, 0.6) is 5.75 Å². The van der Waals surface area contributed by atoms with Crippen molar-refractivity contribution in [3.05, 3.63) is 84.5 Å². The molecule has 1 N–H and O–H groups in total. The van der Waals surface area contributed by atoms with Crippen LogP contribution in [0.4, 0.5) is 5.69 Å². The first-order valence-electron chi connectivity index (χ1n) is 15.7. The summed E-state index contributed by atoms with van der Waals surface area (Å²) in [6.45, 7) is 7.18. The first-order chi connectivity index (χ1) is 21.3. The fourth-order valence-corrected chi connectivity index (χ4v) is 7.36. The molecule has 6 rings (SSSR count). The predicted molar refractivity (Wildman–Crippen MR) is 166 cm³/mol. The van der Waals surface area contributed by atoms with Gasteiger partial charge in [0.25, 0.3) is 0 Å². The first-order valence-corrected chi connectivity index (χ1v) is 15.7. The zero-order valence-corrected chi connectivity index (χ0v) is 25.5. The van der Waals surface area contributed by atoms with Gasteiger partial charge in [-0.05, 0) is 42.7 Å². The van der Waals surface area contributed by atoms with E-state index in [1.165, 1.54) is 0 Å². The molecule has 1 unspecified atom stereocenters. The van der Waals surface area contributed by atoms with E-state index in [4.69, 9.17) is 9.47 Å². The first kappa shape index (κ1) is 30.1. The van der Waals surface area contributed by atoms with E-state index in [1.54, 1.807) is 14.7 Å². The van der Waals surface area contributed by atoms with E-state index in [0.717, 1.165) is 5.56 Å². The van der Waals surface area contributed by atoms with Crippen LogP contribution in [0.25, 0.3) is 0 Å². The number of benzene rings is 2. The summed E-state index contributed by atoms with van der Waals surface area (Å²) in [5, 5.41) is 10.6. The van der Waals surface area contributed by atoms with Crippen molar-refractivity contribution < 1.29 is 29.0 Å². The molecular weight excluding hydrogens is 558 g/mol. The molecule has 0 aromatic heterocycles. The lowest BCUT2D eigenvalue weighted by Gasteiger charge is -2.40. The monoisotopic (exact) mass is 599 g/mol. The molecule has 1 spiro atoms. The Hall–Kier alpha value is -3.95. The number of anilines is 1. The number of aliphatic hydroxyl groups is 1. The van der Waals surface area contributed by atoms with E-state index in [2.05, 4.69) is 0 Å². The Balaban J connectivity index is 1.41. The third kappa shape index (κ3) is 4.92. The highest BCUT2D eigenvalue weighted by Gasteiger charge is 2.72. The lowest BCUT2D eigenvalue weighted by molar-refractivity contribution is -0.152. The maximum absolute atomic E-state index is 14.7. The molecule has 2 fully saturated rings. The summed E-state index contributed by atoms with van der Waals surface area (Å²) in [5.74, 6) is -1.92. The number of rotatable bonds is 9. The number of carbonyl (C=O) groups excluding carboxylic acids is 3. The predicted octanol–water partition coefficient (Wildman–Crippen LogP) is 3.57. The molecule has 4 heterocycles.